The van der Waals surface area contributed by atoms with Gasteiger partial charge in [0.1, 0.15) is 12.2 Å². The number of hydrogen-bond donors (Lipinski definition) is 3. The molecule has 2 rings (SSSR count). The lowest BCUT2D eigenvalue weighted by molar-refractivity contribution is -0.141. The fourth-order valence-electron chi connectivity index (χ4n) is 2.89. The molecule has 1 aromatic rings. The van der Waals surface area contributed by atoms with E-state index in [-0.39, 0.29) is 24.3 Å². The van der Waals surface area contributed by atoms with E-state index in [2.05, 4.69) is 10.6 Å². The van der Waals surface area contributed by atoms with Crippen molar-refractivity contribution in [2.24, 2.45) is 5.92 Å². The molecule has 24 heavy (non-hydrogen) atoms. The molecule has 0 aromatic carbocycles. The predicted octanol–water partition coefficient (Wildman–Crippen LogP) is 2.08. The van der Waals surface area contributed by atoms with Gasteiger partial charge in [-0.25, -0.2) is 4.79 Å². The molecule has 2 atom stereocenters. The first-order chi connectivity index (χ1) is 11.3. The van der Waals surface area contributed by atoms with Crippen molar-refractivity contribution in [3.05, 3.63) is 28.7 Å². The third-order valence-corrected chi connectivity index (χ3v) is 4.08. The van der Waals surface area contributed by atoms with Gasteiger partial charge >= 0.3 is 12.2 Å². The molecule has 1 heterocycles. The maximum absolute atomic E-state index is 12.4. The molecular formula is C15H20F3N3O3. The van der Waals surface area contributed by atoms with Crippen molar-refractivity contribution in [1.82, 2.24) is 9.88 Å². The van der Waals surface area contributed by atoms with Crippen molar-refractivity contribution in [3.8, 4) is 0 Å². The first kappa shape index (κ1) is 18.3. The number of pyridine rings is 1. The molecule has 1 saturated carbocycles. The standard InChI is InChI=1S/C15H20F3N3O3/c16-15(17,18)9-21-7-3-6-12(13(21)23)20-14(24)19-11-5-2-1-4-10(11)8-22/h3,6-7,10-11,22H,1-2,4-5,8-9H2,(H2,19,20,24). The number of aliphatic hydroxyl groups is 1. The summed E-state index contributed by atoms with van der Waals surface area (Å²) in [5.41, 5.74) is -1.15. The Balaban J connectivity index is 2.04. The molecule has 6 nitrogen and oxygen atoms in total. The van der Waals surface area contributed by atoms with E-state index in [0.717, 1.165) is 25.5 Å². The van der Waals surface area contributed by atoms with Crippen LogP contribution >= 0.6 is 0 Å². The zero-order valence-electron chi connectivity index (χ0n) is 13.0. The smallest absolute Gasteiger partial charge is 0.396 e. The minimum Gasteiger partial charge on any atom is -0.396 e. The zero-order valence-corrected chi connectivity index (χ0v) is 13.0. The molecule has 1 fully saturated rings. The van der Waals surface area contributed by atoms with Crippen LogP contribution in [-0.4, -0.2) is 34.5 Å². The maximum Gasteiger partial charge on any atom is 0.406 e. The minimum atomic E-state index is -4.53. The topological polar surface area (TPSA) is 83.4 Å². The second-order valence-electron chi connectivity index (χ2n) is 5.90. The van der Waals surface area contributed by atoms with Crippen LogP contribution in [0.5, 0.6) is 0 Å². The molecule has 0 spiro atoms. The number of anilines is 1. The van der Waals surface area contributed by atoms with Gasteiger partial charge in [0, 0.05) is 24.8 Å². The van der Waals surface area contributed by atoms with Crippen LogP contribution in [0.15, 0.2) is 23.1 Å². The second-order valence-corrected chi connectivity index (χ2v) is 5.90. The fourth-order valence-corrected chi connectivity index (χ4v) is 2.89. The van der Waals surface area contributed by atoms with Gasteiger partial charge < -0.3 is 20.3 Å². The first-order valence-corrected chi connectivity index (χ1v) is 7.75. The summed E-state index contributed by atoms with van der Waals surface area (Å²) < 4.78 is 37.8. The van der Waals surface area contributed by atoms with Crippen molar-refractivity contribution >= 4 is 11.7 Å². The van der Waals surface area contributed by atoms with Crippen molar-refractivity contribution in [2.45, 2.75) is 44.4 Å². The quantitative estimate of drug-likeness (QED) is 0.780. The third kappa shape index (κ3) is 4.98. The van der Waals surface area contributed by atoms with Gasteiger partial charge in [0.2, 0.25) is 0 Å². The van der Waals surface area contributed by atoms with Crippen molar-refractivity contribution in [1.29, 1.82) is 0 Å². The van der Waals surface area contributed by atoms with E-state index in [1.54, 1.807) is 0 Å². The summed E-state index contributed by atoms with van der Waals surface area (Å²) in [7, 11) is 0. The van der Waals surface area contributed by atoms with E-state index in [1.165, 1.54) is 12.1 Å². The number of nitrogens with one attached hydrogen (secondary N) is 2. The number of aromatic nitrogens is 1. The normalized spacial score (nSPS) is 21.3. The third-order valence-electron chi connectivity index (χ3n) is 4.08. The number of aliphatic hydroxyl groups excluding tert-OH is 1. The number of carbonyl (C=O) groups excluding carboxylic acids is 1. The molecule has 2 amide bonds. The summed E-state index contributed by atoms with van der Waals surface area (Å²) >= 11 is 0. The fraction of sp³-hybridized carbons (Fsp3) is 0.600. The van der Waals surface area contributed by atoms with Gasteiger partial charge in [-0.3, -0.25) is 4.79 Å². The highest BCUT2D eigenvalue weighted by molar-refractivity contribution is 5.89. The van der Waals surface area contributed by atoms with E-state index < -0.39 is 24.3 Å². The summed E-state index contributed by atoms with van der Waals surface area (Å²) in [6.07, 6.45) is -0.100. The van der Waals surface area contributed by atoms with Crippen molar-refractivity contribution in [2.75, 3.05) is 11.9 Å². The Bertz CT molecular complexity index is 630. The molecule has 2 unspecified atom stereocenters. The summed E-state index contributed by atoms with van der Waals surface area (Å²) in [6, 6.07) is 1.63. The number of amides is 2. The Kier molecular flexibility index (Phi) is 5.87. The number of carbonyl (C=O) groups is 1. The van der Waals surface area contributed by atoms with Crippen LogP contribution in [-0.2, 0) is 6.54 Å². The molecule has 0 saturated heterocycles. The molecule has 9 heteroatoms. The molecule has 1 aliphatic carbocycles. The van der Waals surface area contributed by atoms with Crippen LogP contribution in [0.4, 0.5) is 23.7 Å². The summed E-state index contributed by atoms with van der Waals surface area (Å²) in [6.45, 7) is -1.47. The zero-order chi connectivity index (χ0) is 17.7. The number of alkyl halides is 3. The van der Waals surface area contributed by atoms with E-state index in [4.69, 9.17) is 0 Å². The Hall–Kier alpha value is -2.03. The average molecular weight is 347 g/mol. The summed E-state index contributed by atoms with van der Waals surface area (Å²) in [5.74, 6) is -0.0536. The van der Waals surface area contributed by atoms with Gasteiger partial charge in [-0.15, -0.1) is 0 Å². The van der Waals surface area contributed by atoms with E-state index >= 15 is 0 Å². The lowest BCUT2D eigenvalue weighted by Gasteiger charge is -2.30. The Morgan fingerprint density at radius 1 is 1.33 bits per heavy atom. The van der Waals surface area contributed by atoms with E-state index in [1.807, 2.05) is 0 Å². The van der Waals surface area contributed by atoms with Crippen LogP contribution in [0.2, 0.25) is 0 Å². The maximum atomic E-state index is 12.4. The van der Waals surface area contributed by atoms with Gasteiger partial charge in [-0.05, 0) is 25.0 Å². The highest BCUT2D eigenvalue weighted by Gasteiger charge is 2.29. The summed E-state index contributed by atoms with van der Waals surface area (Å²) in [4.78, 5) is 24.0. The molecule has 134 valence electrons. The Morgan fingerprint density at radius 2 is 2.04 bits per heavy atom. The molecule has 0 radical (unpaired) electrons. The second kappa shape index (κ2) is 7.69. The van der Waals surface area contributed by atoms with Gasteiger partial charge in [0.05, 0.1) is 0 Å². The number of hydrogen-bond acceptors (Lipinski definition) is 3. The molecule has 0 bridgehead atoms. The average Bonchev–Trinajstić information content (AvgIpc) is 2.50. The largest absolute Gasteiger partial charge is 0.406 e. The van der Waals surface area contributed by atoms with E-state index in [9.17, 15) is 27.9 Å². The van der Waals surface area contributed by atoms with Crippen LogP contribution in [0.1, 0.15) is 25.7 Å². The number of nitrogens with zero attached hydrogens (tertiary/aromatic N) is 1. The minimum absolute atomic E-state index is 0.0470. The Labute approximate surface area is 136 Å². The van der Waals surface area contributed by atoms with E-state index in [0.29, 0.717) is 11.0 Å². The summed E-state index contributed by atoms with van der Waals surface area (Å²) in [5, 5.41) is 14.3. The highest BCUT2D eigenvalue weighted by atomic mass is 19.4. The molecule has 1 aliphatic rings. The molecule has 1 aromatic heterocycles. The van der Waals surface area contributed by atoms with Gasteiger partial charge in [-0.2, -0.15) is 13.2 Å². The SMILES string of the molecule is O=C(Nc1cccn(CC(F)(F)F)c1=O)NC1CCCCC1CO. The predicted molar refractivity (Wildman–Crippen MR) is 81.7 cm³/mol. The monoisotopic (exact) mass is 347 g/mol. The van der Waals surface area contributed by atoms with Gasteiger partial charge in [0.25, 0.3) is 5.56 Å². The van der Waals surface area contributed by atoms with Crippen molar-refractivity contribution in [3.63, 3.8) is 0 Å². The molecule has 3 N–H and O–H groups in total. The van der Waals surface area contributed by atoms with Gasteiger partial charge in [0.15, 0.2) is 0 Å². The van der Waals surface area contributed by atoms with Crippen molar-refractivity contribution < 1.29 is 23.1 Å². The highest BCUT2D eigenvalue weighted by Crippen LogP contribution is 2.24. The first-order valence-electron chi connectivity index (χ1n) is 7.75. The van der Waals surface area contributed by atoms with Crippen LogP contribution in [0.3, 0.4) is 0 Å². The lowest BCUT2D eigenvalue weighted by atomic mass is 9.85. The van der Waals surface area contributed by atoms with Crippen LogP contribution < -0.4 is 16.2 Å². The van der Waals surface area contributed by atoms with Crippen LogP contribution in [0.25, 0.3) is 0 Å². The Morgan fingerprint density at radius 3 is 2.71 bits per heavy atom. The lowest BCUT2D eigenvalue weighted by Crippen LogP contribution is -2.45. The van der Waals surface area contributed by atoms with Gasteiger partial charge in [-0.1, -0.05) is 12.8 Å². The number of halogens is 3. The molecular weight excluding hydrogens is 327 g/mol. The van der Waals surface area contributed by atoms with Crippen LogP contribution in [0, 0.1) is 5.92 Å². The molecule has 0 aliphatic heterocycles. The number of rotatable bonds is 4. The number of urea groups is 1.